The Balaban J connectivity index is 1.92. The first-order valence-corrected chi connectivity index (χ1v) is 8.00. The van der Waals surface area contributed by atoms with Gasteiger partial charge in [-0.25, -0.2) is 0 Å². The predicted octanol–water partition coefficient (Wildman–Crippen LogP) is 3.83. The van der Waals surface area contributed by atoms with Crippen LogP contribution < -0.4 is 10.1 Å². The lowest BCUT2D eigenvalue weighted by atomic mass is 10.1. The second-order valence-electron chi connectivity index (χ2n) is 5.69. The fourth-order valence-corrected chi connectivity index (χ4v) is 2.28. The third-order valence-electron chi connectivity index (χ3n) is 3.68. The number of para-hydroxylation sites is 1. The van der Waals surface area contributed by atoms with Gasteiger partial charge in [-0.05, 0) is 37.3 Å². The molecule has 0 aliphatic rings. The summed E-state index contributed by atoms with van der Waals surface area (Å²) in [4.78, 5) is 24.1. The number of halogens is 3. The van der Waals surface area contributed by atoms with E-state index in [1.54, 1.807) is 24.3 Å². The summed E-state index contributed by atoms with van der Waals surface area (Å²) in [6.07, 6.45) is -5.65. The molecule has 2 rings (SSSR count). The molecular weight excluding hydrogens is 363 g/mol. The van der Waals surface area contributed by atoms with Crippen molar-refractivity contribution in [2.24, 2.45) is 0 Å². The van der Waals surface area contributed by atoms with Gasteiger partial charge in [-0.3, -0.25) is 9.59 Å². The maximum absolute atomic E-state index is 12.5. The van der Waals surface area contributed by atoms with Crippen LogP contribution in [0.4, 0.5) is 18.9 Å². The van der Waals surface area contributed by atoms with Crippen molar-refractivity contribution in [2.75, 3.05) is 12.4 Å². The Hall–Kier alpha value is -3.03. The minimum absolute atomic E-state index is 0.0814. The van der Waals surface area contributed by atoms with E-state index in [1.165, 1.54) is 14.0 Å². The second kappa shape index (κ2) is 8.57. The summed E-state index contributed by atoms with van der Waals surface area (Å²) in [5.74, 6) is -0.756. The van der Waals surface area contributed by atoms with E-state index in [2.05, 4.69) is 5.32 Å². The number of hydrogen-bond donors (Lipinski definition) is 1. The Kier molecular flexibility index (Phi) is 6.44. The topological polar surface area (TPSA) is 64.6 Å². The summed E-state index contributed by atoms with van der Waals surface area (Å²) in [6, 6.07) is 10.9. The first-order valence-electron chi connectivity index (χ1n) is 8.00. The molecule has 8 heteroatoms. The smallest absolute Gasteiger partial charge is 0.416 e. The van der Waals surface area contributed by atoms with Crippen LogP contribution in [0.3, 0.4) is 0 Å². The Labute approximate surface area is 154 Å². The molecule has 0 fully saturated rings. The Morgan fingerprint density at radius 1 is 1.07 bits per heavy atom. The standard InChI is InChI=1S/C19H18F3NO4/c1-12(27-17(24)11-13-5-3-4-6-16(13)26-2)18(25)23-15-9-7-14(8-10-15)19(20,21)22/h3-10,12H,11H2,1-2H3,(H,23,25)/t12-/m0/s1. The van der Waals surface area contributed by atoms with Gasteiger partial charge in [0.1, 0.15) is 5.75 Å². The molecule has 2 aromatic rings. The fraction of sp³-hybridized carbons (Fsp3) is 0.263. The summed E-state index contributed by atoms with van der Waals surface area (Å²) in [5, 5.41) is 2.40. The van der Waals surface area contributed by atoms with Crippen molar-refractivity contribution in [3.63, 3.8) is 0 Å². The summed E-state index contributed by atoms with van der Waals surface area (Å²) in [6.45, 7) is 1.37. The van der Waals surface area contributed by atoms with Crippen LogP contribution in [-0.4, -0.2) is 25.1 Å². The van der Waals surface area contributed by atoms with E-state index in [9.17, 15) is 22.8 Å². The van der Waals surface area contributed by atoms with Crippen molar-refractivity contribution in [2.45, 2.75) is 25.6 Å². The normalized spacial score (nSPS) is 12.2. The highest BCUT2D eigenvalue weighted by Crippen LogP contribution is 2.29. The van der Waals surface area contributed by atoms with Crippen LogP contribution >= 0.6 is 0 Å². The van der Waals surface area contributed by atoms with Crippen LogP contribution in [0.1, 0.15) is 18.1 Å². The zero-order chi connectivity index (χ0) is 20.0. The average Bonchev–Trinajstić information content (AvgIpc) is 2.61. The molecule has 0 heterocycles. The minimum Gasteiger partial charge on any atom is -0.496 e. The Morgan fingerprint density at radius 2 is 1.70 bits per heavy atom. The van der Waals surface area contributed by atoms with Gasteiger partial charge in [0.15, 0.2) is 6.10 Å². The van der Waals surface area contributed by atoms with Gasteiger partial charge >= 0.3 is 12.1 Å². The molecule has 0 radical (unpaired) electrons. The van der Waals surface area contributed by atoms with Gasteiger partial charge in [-0.15, -0.1) is 0 Å². The number of carbonyl (C=O) groups is 2. The van der Waals surface area contributed by atoms with E-state index in [0.717, 1.165) is 24.3 Å². The number of ether oxygens (including phenoxy) is 2. The van der Waals surface area contributed by atoms with Crippen molar-refractivity contribution in [1.29, 1.82) is 0 Å². The molecular formula is C19H18F3NO4. The molecule has 0 aliphatic carbocycles. The van der Waals surface area contributed by atoms with Gasteiger partial charge in [0, 0.05) is 11.3 Å². The third-order valence-corrected chi connectivity index (χ3v) is 3.68. The molecule has 0 saturated carbocycles. The molecule has 144 valence electrons. The molecule has 2 aromatic carbocycles. The zero-order valence-corrected chi connectivity index (χ0v) is 14.7. The molecule has 0 spiro atoms. The number of carbonyl (C=O) groups excluding carboxylic acids is 2. The predicted molar refractivity (Wildman–Crippen MR) is 92.3 cm³/mol. The molecule has 0 unspecified atom stereocenters. The number of rotatable bonds is 6. The van der Waals surface area contributed by atoms with Crippen LogP contribution in [0.25, 0.3) is 0 Å². The first kappa shape index (κ1) is 20.3. The van der Waals surface area contributed by atoms with E-state index < -0.39 is 29.7 Å². The van der Waals surface area contributed by atoms with Crippen molar-refractivity contribution < 1.29 is 32.2 Å². The van der Waals surface area contributed by atoms with Crippen molar-refractivity contribution in [3.05, 3.63) is 59.7 Å². The lowest BCUT2D eigenvalue weighted by molar-refractivity contribution is -0.152. The maximum atomic E-state index is 12.5. The molecule has 5 nitrogen and oxygen atoms in total. The third kappa shape index (κ3) is 5.73. The summed E-state index contributed by atoms with van der Waals surface area (Å²) >= 11 is 0. The van der Waals surface area contributed by atoms with Gasteiger partial charge in [-0.2, -0.15) is 13.2 Å². The fourth-order valence-electron chi connectivity index (χ4n) is 2.28. The number of benzene rings is 2. The van der Waals surface area contributed by atoms with E-state index in [4.69, 9.17) is 9.47 Å². The molecule has 0 bridgehead atoms. The molecule has 0 saturated heterocycles. The molecule has 27 heavy (non-hydrogen) atoms. The largest absolute Gasteiger partial charge is 0.496 e. The van der Waals surface area contributed by atoms with Crippen molar-refractivity contribution in [3.8, 4) is 5.75 Å². The van der Waals surface area contributed by atoms with E-state index in [-0.39, 0.29) is 12.1 Å². The number of amides is 1. The van der Waals surface area contributed by atoms with Crippen LogP contribution in [0.5, 0.6) is 5.75 Å². The van der Waals surface area contributed by atoms with Crippen LogP contribution in [0, 0.1) is 0 Å². The quantitative estimate of drug-likeness (QED) is 0.773. The number of anilines is 1. The summed E-state index contributed by atoms with van der Waals surface area (Å²) in [5.41, 5.74) is -0.0437. The van der Waals surface area contributed by atoms with E-state index in [1.807, 2.05) is 0 Å². The van der Waals surface area contributed by atoms with E-state index >= 15 is 0 Å². The SMILES string of the molecule is COc1ccccc1CC(=O)O[C@@H](C)C(=O)Nc1ccc(C(F)(F)F)cc1. The summed E-state index contributed by atoms with van der Waals surface area (Å²) in [7, 11) is 1.48. The zero-order valence-electron chi connectivity index (χ0n) is 14.7. The number of alkyl halides is 3. The number of hydrogen-bond acceptors (Lipinski definition) is 4. The van der Waals surface area contributed by atoms with Gasteiger partial charge in [0.25, 0.3) is 5.91 Å². The highest BCUT2D eigenvalue weighted by Gasteiger charge is 2.30. The number of methoxy groups -OCH3 is 1. The molecule has 0 aliphatic heterocycles. The van der Waals surface area contributed by atoms with Crippen molar-refractivity contribution >= 4 is 17.6 Å². The average molecular weight is 381 g/mol. The van der Waals surface area contributed by atoms with E-state index in [0.29, 0.717) is 11.3 Å². The first-order chi connectivity index (χ1) is 12.7. The number of esters is 1. The van der Waals surface area contributed by atoms with Gasteiger partial charge in [0.2, 0.25) is 0 Å². The van der Waals surface area contributed by atoms with Crippen LogP contribution in [-0.2, 0) is 26.9 Å². The lowest BCUT2D eigenvalue weighted by Crippen LogP contribution is -2.30. The monoisotopic (exact) mass is 381 g/mol. The lowest BCUT2D eigenvalue weighted by Gasteiger charge is -2.15. The molecule has 1 N–H and O–H groups in total. The molecule has 1 atom stereocenters. The highest BCUT2D eigenvalue weighted by atomic mass is 19.4. The van der Waals surface area contributed by atoms with Gasteiger partial charge in [-0.1, -0.05) is 18.2 Å². The van der Waals surface area contributed by atoms with Gasteiger partial charge in [0.05, 0.1) is 19.1 Å². The molecule has 0 aromatic heterocycles. The minimum atomic E-state index is -4.45. The van der Waals surface area contributed by atoms with Crippen molar-refractivity contribution in [1.82, 2.24) is 0 Å². The second-order valence-corrected chi connectivity index (χ2v) is 5.69. The van der Waals surface area contributed by atoms with Crippen LogP contribution in [0.2, 0.25) is 0 Å². The number of nitrogens with one attached hydrogen (secondary N) is 1. The highest BCUT2D eigenvalue weighted by molar-refractivity contribution is 5.95. The van der Waals surface area contributed by atoms with Gasteiger partial charge < -0.3 is 14.8 Å². The Morgan fingerprint density at radius 3 is 2.30 bits per heavy atom. The summed E-state index contributed by atoms with van der Waals surface area (Å²) < 4.78 is 47.8. The molecule has 1 amide bonds. The van der Waals surface area contributed by atoms with Crippen LogP contribution in [0.15, 0.2) is 48.5 Å². The maximum Gasteiger partial charge on any atom is 0.416 e. The Bertz CT molecular complexity index is 803.